The van der Waals surface area contributed by atoms with Crippen molar-refractivity contribution in [2.45, 2.75) is 0 Å². The summed E-state index contributed by atoms with van der Waals surface area (Å²) in [6.45, 7) is -0.567. The largest absolute Gasteiger partial charge is 0.455 e. The molecule has 4 aliphatic rings. The van der Waals surface area contributed by atoms with Gasteiger partial charge >= 0.3 is 13.7 Å². The van der Waals surface area contributed by atoms with Crippen LogP contribution in [0.25, 0.3) is 144 Å². The number of aromatic nitrogens is 2. The predicted octanol–water partition coefficient (Wildman–Crippen LogP) is 22.4. The molecule has 0 saturated carbocycles. The molecule has 0 saturated heterocycles. The van der Waals surface area contributed by atoms with Crippen LogP contribution in [0.3, 0.4) is 0 Å². The Morgan fingerprint density at radius 3 is 1.10 bits per heavy atom. The Morgan fingerprint density at radius 1 is 0.260 bits per heavy atom. The lowest BCUT2D eigenvalue weighted by Gasteiger charge is -2.50. The monoisotopic (exact) mass is 1320 g/mol. The Morgan fingerprint density at radius 2 is 0.635 bits per heavy atom. The van der Waals surface area contributed by atoms with Crippen LogP contribution in [0.1, 0.15) is 0 Å². The average molecular weight is 1320 g/mol. The van der Waals surface area contributed by atoms with Crippen LogP contribution < -0.4 is 36.4 Å². The van der Waals surface area contributed by atoms with Crippen molar-refractivity contribution < 1.29 is 4.42 Å². The highest BCUT2D eigenvalue weighted by atomic mass is 16.3. The van der Waals surface area contributed by atoms with Crippen LogP contribution >= 0.6 is 0 Å². The SMILES string of the molecule is c1ccc(-c2cc(-c3ccccc3)cc(N(c3ccccc3)c3cc4c5c(c3)-n3c6ccccc6c6cccc(c63)B5N3B5c6c(cc(N(c7ccccc7)c7cc(-c8ccccc8)cc(-c8ccccc8)c7)cc6-n6c7ccccc7c7cccc5c76)-c5c3c-4cc3c5oc4ccccc43)c2)cc1. The summed E-state index contributed by atoms with van der Waals surface area (Å²) in [7, 11) is 0. The quantitative estimate of drug-likeness (QED) is 0.128. The maximum absolute atomic E-state index is 7.65. The Hall–Kier alpha value is -13.6. The number of rotatable bonds is 10. The van der Waals surface area contributed by atoms with Crippen molar-refractivity contribution in [3.63, 3.8) is 0 Å². The van der Waals surface area contributed by atoms with Gasteiger partial charge in [0.2, 0.25) is 0 Å². The van der Waals surface area contributed by atoms with Gasteiger partial charge in [0.25, 0.3) is 0 Å². The molecular formula is C96H59B2N5O. The van der Waals surface area contributed by atoms with E-state index in [0.29, 0.717) is 0 Å². The van der Waals surface area contributed by atoms with Crippen LogP contribution in [0.2, 0.25) is 0 Å². The molecule has 0 spiro atoms. The van der Waals surface area contributed by atoms with Gasteiger partial charge in [0, 0.05) is 94.6 Å². The van der Waals surface area contributed by atoms with Crippen LogP contribution in [0, 0.1) is 0 Å². The first-order valence-corrected chi connectivity index (χ1v) is 36.0. The van der Waals surface area contributed by atoms with Crippen molar-refractivity contribution >= 4 is 141 Å². The van der Waals surface area contributed by atoms with Crippen LogP contribution in [0.4, 0.5) is 39.8 Å². The smallest absolute Gasteiger partial charge is 0.316 e. The normalized spacial score (nSPS) is 12.8. The summed E-state index contributed by atoms with van der Waals surface area (Å²) in [6.07, 6.45) is 0. The minimum Gasteiger partial charge on any atom is -0.455 e. The van der Waals surface area contributed by atoms with Crippen molar-refractivity contribution in [2.24, 2.45) is 0 Å². The number of nitrogens with zero attached hydrogens (tertiary/aromatic N) is 5. The average Bonchev–Trinajstić information content (AvgIpc) is 1.39. The third kappa shape index (κ3) is 8.19. The van der Waals surface area contributed by atoms with E-state index in [0.717, 1.165) is 134 Å². The summed E-state index contributed by atoms with van der Waals surface area (Å²) in [4.78, 5) is 5.02. The topological polar surface area (TPSA) is 32.7 Å². The molecule has 0 fully saturated rings. The lowest BCUT2D eigenvalue weighted by Crippen LogP contribution is -2.74. The van der Waals surface area contributed by atoms with Crippen molar-refractivity contribution in [3.05, 3.63) is 358 Å². The molecule has 8 heteroatoms. The molecule has 23 rings (SSSR count). The predicted molar refractivity (Wildman–Crippen MR) is 437 cm³/mol. The van der Waals surface area contributed by atoms with E-state index in [-0.39, 0.29) is 13.7 Å². The van der Waals surface area contributed by atoms with Gasteiger partial charge in [-0.15, -0.1) is 0 Å². The van der Waals surface area contributed by atoms with E-state index in [9.17, 15) is 0 Å². The van der Waals surface area contributed by atoms with Crippen molar-refractivity contribution in [1.82, 2.24) is 9.13 Å². The molecule has 0 amide bonds. The number of anilines is 7. The zero-order valence-electron chi connectivity index (χ0n) is 56.4. The van der Waals surface area contributed by atoms with Gasteiger partial charge in [-0.1, -0.05) is 249 Å². The fraction of sp³-hybridized carbons (Fsp3) is 0. The molecule has 6 nitrogen and oxygen atoms in total. The van der Waals surface area contributed by atoms with Crippen molar-refractivity contribution in [1.29, 1.82) is 0 Å². The second-order valence-electron chi connectivity index (χ2n) is 28.2. The van der Waals surface area contributed by atoms with Gasteiger partial charge in [-0.25, -0.2) is 0 Å². The molecule has 0 atom stereocenters. The van der Waals surface area contributed by atoms with Gasteiger partial charge < -0.3 is 28.1 Å². The summed E-state index contributed by atoms with van der Waals surface area (Å²) in [5, 5.41) is 7.07. The molecule has 0 N–H and O–H groups in total. The molecule has 16 aromatic carbocycles. The second kappa shape index (κ2) is 22.0. The van der Waals surface area contributed by atoms with Gasteiger partial charge in [0.15, 0.2) is 0 Å². The first-order chi connectivity index (χ1) is 51.6. The van der Waals surface area contributed by atoms with Crippen LogP contribution in [-0.4, -0.2) is 22.8 Å². The zero-order valence-corrected chi connectivity index (χ0v) is 56.4. The van der Waals surface area contributed by atoms with Gasteiger partial charge in [-0.2, -0.15) is 0 Å². The number of hydrogen-bond acceptors (Lipinski definition) is 4. The van der Waals surface area contributed by atoms with Gasteiger partial charge in [-0.3, -0.25) is 0 Å². The molecule has 0 bridgehead atoms. The first kappa shape index (κ1) is 57.2. The molecule has 4 aliphatic heterocycles. The number of furan rings is 1. The van der Waals surface area contributed by atoms with Crippen molar-refractivity contribution in [3.8, 4) is 78.1 Å². The molecule has 7 heterocycles. The van der Waals surface area contributed by atoms with E-state index in [1.165, 1.54) is 71.0 Å². The number of benzene rings is 16. The minimum absolute atomic E-state index is 0.284. The lowest BCUT2D eigenvalue weighted by molar-refractivity contribution is 0.670. The summed E-state index contributed by atoms with van der Waals surface area (Å²) in [5.74, 6) is 0. The molecule has 0 aliphatic carbocycles. The van der Waals surface area contributed by atoms with Gasteiger partial charge in [0.05, 0.1) is 22.1 Å². The van der Waals surface area contributed by atoms with E-state index in [2.05, 4.69) is 382 Å². The molecule has 19 aromatic rings. The summed E-state index contributed by atoms with van der Waals surface area (Å²) < 4.78 is 15.8. The van der Waals surface area contributed by atoms with Crippen LogP contribution in [0.5, 0.6) is 0 Å². The molecular weight excluding hydrogens is 1260 g/mol. The standard InChI is InChI=1S/C96H59B2N5O/c1-7-27-60(28-8-1)64-49-65(61-29-9-2-10-30-61)52-70(51-64)99(68-35-15-5-16-36-68)72-55-79-80-59-81-76-41-21-24-48-89(76)104-96(81)90-82-56-73(100(69-37-17-6-18-38-69)71-53-66(62-31-11-3-12-32-62)50-67(54-71)63-33-13-4-14-34-63)58-88-92(82)98(84-45-26-43-78-75-40-20-23-47-86(75)102(88)94(78)84)103(95(80)90)97-83-44-25-42-77-74-39-19-22-46-85(74)101(93(77)83)87(57-72)91(79)97/h1-59H. The molecule has 3 aromatic heterocycles. The third-order valence-electron chi connectivity index (χ3n) is 22.7. The Bertz CT molecular complexity index is 6680. The van der Waals surface area contributed by atoms with E-state index in [4.69, 9.17) is 4.42 Å². The summed E-state index contributed by atoms with van der Waals surface area (Å²) in [5.41, 5.74) is 35.1. The maximum Gasteiger partial charge on any atom is 0.316 e. The van der Waals surface area contributed by atoms with Crippen LogP contribution in [0.15, 0.2) is 362 Å². The van der Waals surface area contributed by atoms with Crippen molar-refractivity contribution in [2.75, 3.05) is 14.5 Å². The molecule has 104 heavy (non-hydrogen) atoms. The van der Waals surface area contributed by atoms with Crippen LogP contribution in [-0.2, 0) is 0 Å². The molecule has 480 valence electrons. The highest BCUT2D eigenvalue weighted by molar-refractivity contribution is 7.09. The first-order valence-electron chi connectivity index (χ1n) is 36.0. The third-order valence-corrected chi connectivity index (χ3v) is 22.7. The highest BCUT2D eigenvalue weighted by Gasteiger charge is 2.54. The molecule has 0 radical (unpaired) electrons. The van der Waals surface area contributed by atoms with Gasteiger partial charge in [0.1, 0.15) is 11.2 Å². The molecule has 0 unspecified atom stereocenters. The Kier molecular flexibility index (Phi) is 12.1. The number of fused-ring (bicyclic) bond motifs is 18. The highest BCUT2D eigenvalue weighted by Crippen LogP contribution is 2.57. The Balaban J connectivity index is 0.877. The fourth-order valence-electron chi connectivity index (χ4n) is 18.5. The van der Waals surface area contributed by atoms with E-state index < -0.39 is 0 Å². The van der Waals surface area contributed by atoms with E-state index in [1.807, 2.05) is 0 Å². The number of hydrogen-bond donors (Lipinski definition) is 0. The second-order valence-corrected chi connectivity index (χ2v) is 28.2. The zero-order chi connectivity index (χ0) is 67.8. The fourth-order valence-corrected chi connectivity index (χ4v) is 18.5. The lowest BCUT2D eigenvalue weighted by atomic mass is 9.32. The van der Waals surface area contributed by atoms with Gasteiger partial charge in [-0.05, 0) is 187 Å². The summed E-state index contributed by atoms with van der Waals surface area (Å²) >= 11 is 0. The van der Waals surface area contributed by atoms with E-state index in [1.54, 1.807) is 0 Å². The number of para-hydroxylation sites is 7. The summed E-state index contributed by atoms with van der Waals surface area (Å²) in [6, 6.07) is 133. The Labute approximate surface area is 601 Å². The van der Waals surface area contributed by atoms with E-state index >= 15 is 0 Å². The minimum atomic E-state index is -0.284. The maximum atomic E-state index is 7.65.